The molecule has 45 heavy (non-hydrogen) atoms. The first-order valence-electron chi connectivity index (χ1n) is 14.0. The monoisotopic (exact) mass is 621 g/mol. The van der Waals surface area contributed by atoms with Gasteiger partial charge in [-0.05, 0) is 35.2 Å². The molecule has 1 aliphatic heterocycles. The number of nitrogens with zero attached hydrogens (tertiary/aromatic N) is 2. The first-order valence-corrected chi connectivity index (χ1v) is 14.0. The van der Waals surface area contributed by atoms with E-state index in [1.807, 2.05) is 30.3 Å². The quantitative estimate of drug-likeness (QED) is 0.146. The summed E-state index contributed by atoms with van der Waals surface area (Å²) in [6.07, 6.45) is -0.619. The van der Waals surface area contributed by atoms with Gasteiger partial charge in [-0.3, -0.25) is 4.79 Å². The molecule has 0 aliphatic carbocycles. The first kappa shape index (κ1) is 29.9. The van der Waals surface area contributed by atoms with Crippen molar-refractivity contribution >= 4 is 39.5 Å². The van der Waals surface area contributed by atoms with Crippen LogP contribution in [0.5, 0.6) is 0 Å². The summed E-state index contributed by atoms with van der Waals surface area (Å²) in [5.41, 5.74) is 2.04. The van der Waals surface area contributed by atoms with Crippen LogP contribution < -0.4 is 10.6 Å². The third kappa shape index (κ3) is 6.11. The number of amides is 2. The molecule has 1 aliphatic rings. The fourth-order valence-corrected chi connectivity index (χ4v) is 5.34. The molecule has 0 saturated carbocycles. The van der Waals surface area contributed by atoms with Gasteiger partial charge in [0.05, 0.1) is 24.9 Å². The van der Waals surface area contributed by atoms with Crippen LogP contribution in [-0.4, -0.2) is 53.6 Å². The number of aromatic amines is 1. The normalized spacial score (nSPS) is 14.3. The summed E-state index contributed by atoms with van der Waals surface area (Å²) in [7, 11) is 1.51. The number of hydrogen-bond acceptors (Lipinski definition) is 6. The Morgan fingerprint density at radius 1 is 0.978 bits per heavy atom. The van der Waals surface area contributed by atoms with E-state index < -0.39 is 41.3 Å². The van der Waals surface area contributed by atoms with E-state index in [1.165, 1.54) is 18.0 Å². The highest BCUT2D eigenvalue weighted by Crippen LogP contribution is 2.38. The van der Waals surface area contributed by atoms with Crippen LogP contribution in [0.15, 0.2) is 60.7 Å². The molecule has 232 valence electrons. The van der Waals surface area contributed by atoms with E-state index in [1.54, 1.807) is 0 Å². The van der Waals surface area contributed by atoms with Crippen molar-refractivity contribution in [1.82, 2.24) is 20.2 Å². The minimum atomic E-state index is -1.08. The van der Waals surface area contributed by atoms with Crippen LogP contribution in [0.1, 0.15) is 33.4 Å². The molecule has 2 aromatic heterocycles. The molecule has 0 fully saturated rings. The second-order valence-electron chi connectivity index (χ2n) is 10.5. The number of ether oxygens (including phenoxy) is 2. The molecule has 9 nitrogen and oxygen atoms in total. The number of carbonyl (C=O) groups excluding carboxylic acids is 2. The predicted molar refractivity (Wildman–Crippen MR) is 157 cm³/mol. The second kappa shape index (κ2) is 12.4. The summed E-state index contributed by atoms with van der Waals surface area (Å²) in [5.74, 6) is -4.54. The number of fused-ring (bicyclic) bond motifs is 4. The number of aromatic nitrogens is 2. The van der Waals surface area contributed by atoms with E-state index in [4.69, 9.17) is 9.47 Å². The van der Waals surface area contributed by atoms with Crippen molar-refractivity contribution < 1.29 is 36.6 Å². The van der Waals surface area contributed by atoms with Gasteiger partial charge < -0.3 is 30.0 Å². The number of nitrogens with one attached hydrogen (secondary N) is 3. The minimum absolute atomic E-state index is 0.0380. The highest BCUT2D eigenvalue weighted by molar-refractivity contribution is 5.99. The number of halogens is 4. The molecule has 1 atom stereocenters. The van der Waals surface area contributed by atoms with Crippen molar-refractivity contribution in [3.05, 3.63) is 106 Å². The molecule has 3 aromatic carbocycles. The third-order valence-corrected chi connectivity index (χ3v) is 7.59. The van der Waals surface area contributed by atoms with Gasteiger partial charge in [0.1, 0.15) is 18.1 Å². The number of benzene rings is 3. The van der Waals surface area contributed by atoms with Gasteiger partial charge in [0.15, 0.2) is 23.3 Å². The maximum atomic E-state index is 14.6. The SMILES string of the molecule is CN(C(=O)c1cc2cc(F)c(F)cc2[nH]1)C1COCc2nc(NCCNC(=O)OCc3ccccc3)c3cc(F)c(F)cc3c21. The Labute approximate surface area is 254 Å². The van der Waals surface area contributed by atoms with Crippen LogP contribution in [0, 0.1) is 23.3 Å². The van der Waals surface area contributed by atoms with Gasteiger partial charge in [0, 0.05) is 48.1 Å². The van der Waals surface area contributed by atoms with Crippen molar-refractivity contribution in [2.45, 2.75) is 19.3 Å². The molecule has 3 N–H and O–H groups in total. The Bertz CT molecular complexity index is 1880. The maximum absolute atomic E-state index is 14.6. The van der Waals surface area contributed by atoms with Gasteiger partial charge in [0.25, 0.3) is 5.91 Å². The largest absolute Gasteiger partial charge is 0.445 e. The molecule has 3 heterocycles. The first-order chi connectivity index (χ1) is 21.7. The topological polar surface area (TPSA) is 109 Å². The van der Waals surface area contributed by atoms with Crippen LogP contribution in [0.4, 0.5) is 28.2 Å². The number of carbonyl (C=O) groups is 2. The van der Waals surface area contributed by atoms with E-state index in [-0.39, 0.29) is 55.3 Å². The molecule has 6 rings (SSSR count). The molecule has 0 bridgehead atoms. The Kier molecular flexibility index (Phi) is 8.26. The Hall–Kier alpha value is -5.17. The highest BCUT2D eigenvalue weighted by Gasteiger charge is 2.32. The third-order valence-electron chi connectivity index (χ3n) is 7.59. The molecular weight excluding hydrogens is 594 g/mol. The van der Waals surface area contributed by atoms with E-state index in [0.717, 1.165) is 29.8 Å². The maximum Gasteiger partial charge on any atom is 0.407 e. The summed E-state index contributed by atoms with van der Waals surface area (Å²) in [4.78, 5) is 34.4. The number of H-pyrrole nitrogens is 1. The highest BCUT2D eigenvalue weighted by atomic mass is 19.2. The Morgan fingerprint density at radius 3 is 2.47 bits per heavy atom. The van der Waals surface area contributed by atoms with Gasteiger partial charge in [-0.25, -0.2) is 27.3 Å². The molecular formula is C32H27F4N5O4. The smallest absolute Gasteiger partial charge is 0.407 e. The van der Waals surface area contributed by atoms with E-state index in [0.29, 0.717) is 22.0 Å². The average Bonchev–Trinajstić information content (AvgIpc) is 3.45. The second-order valence-corrected chi connectivity index (χ2v) is 10.5. The Morgan fingerprint density at radius 2 is 1.69 bits per heavy atom. The molecule has 13 heteroatoms. The zero-order valence-corrected chi connectivity index (χ0v) is 23.9. The van der Waals surface area contributed by atoms with Crippen LogP contribution in [0.3, 0.4) is 0 Å². The van der Waals surface area contributed by atoms with Crippen molar-refractivity contribution in [2.75, 3.05) is 32.1 Å². The lowest BCUT2D eigenvalue weighted by molar-refractivity contribution is 0.0334. The fraction of sp³-hybridized carbons (Fsp3) is 0.219. The van der Waals surface area contributed by atoms with Crippen molar-refractivity contribution in [3.8, 4) is 0 Å². The molecule has 0 spiro atoms. The van der Waals surface area contributed by atoms with Crippen LogP contribution in [0.2, 0.25) is 0 Å². The lowest BCUT2D eigenvalue weighted by atomic mass is 9.94. The summed E-state index contributed by atoms with van der Waals surface area (Å²) >= 11 is 0. The number of anilines is 1. The molecule has 2 amide bonds. The van der Waals surface area contributed by atoms with E-state index >= 15 is 0 Å². The number of pyridine rings is 1. The summed E-state index contributed by atoms with van der Waals surface area (Å²) in [5, 5.41) is 6.58. The standard InChI is InChI=1S/C32H27F4N5O4/c1-41(31(42)26-10-18-9-21(33)24(36)13-25(18)39-26)28-16-44-15-27-29(28)19-11-22(34)23(35)12-20(19)30(40-27)37-7-8-38-32(43)45-14-17-5-3-2-4-6-17/h2-6,9-13,28,39H,7-8,14-16H2,1H3,(H,37,40)(H,38,43). The molecule has 5 aromatic rings. The lowest BCUT2D eigenvalue weighted by Crippen LogP contribution is -2.37. The van der Waals surface area contributed by atoms with Crippen molar-refractivity contribution in [1.29, 1.82) is 0 Å². The summed E-state index contributed by atoms with van der Waals surface area (Å²) in [6.45, 7) is 0.525. The number of rotatable bonds is 8. The van der Waals surface area contributed by atoms with Gasteiger partial charge in [-0.15, -0.1) is 0 Å². The van der Waals surface area contributed by atoms with Gasteiger partial charge in [0.2, 0.25) is 0 Å². The molecule has 1 unspecified atom stereocenters. The van der Waals surface area contributed by atoms with Gasteiger partial charge in [-0.1, -0.05) is 30.3 Å². The zero-order chi connectivity index (χ0) is 31.7. The van der Waals surface area contributed by atoms with Crippen LogP contribution in [0.25, 0.3) is 21.7 Å². The number of alkyl carbamates (subject to hydrolysis) is 1. The Balaban J connectivity index is 1.22. The van der Waals surface area contributed by atoms with Crippen molar-refractivity contribution in [3.63, 3.8) is 0 Å². The van der Waals surface area contributed by atoms with Crippen molar-refractivity contribution in [2.24, 2.45) is 0 Å². The summed E-state index contributed by atoms with van der Waals surface area (Å²) in [6, 6.07) is 13.9. The fourth-order valence-electron chi connectivity index (χ4n) is 5.34. The number of hydrogen-bond donors (Lipinski definition) is 3. The molecule has 0 saturated heterocycles. The van der Waals surface area contributed by atoms with E-state index in [2.05, 4.69) is 20.6 Å². The van der Waals surface area contributed by atoms with Crippen LogP contribution in [-0.2, 0) is 22.7 Å². The average molecular weight is 622 g/mol. The zero-order valence-electron chi connectivity index (χ0n) is 23.9. The van der Waals surface area contributed by atoms with Gasteiger partial charge >= 0.3 is 6.09 Å². The minimum Gasteiger partial charge on any atom is -0.445 e. The predicted octanol–water partition coefficient (Wildman–Crippen LogP) is 5.95. The van der Waals surface area contributed by atoms with Crippen LogP contribution >= 0.6 is 0 Å². The van der Waals surface area contributed by atoms with Gasteiger partial charge in [-0.2, -0.15) is 0 Å². The van der Waals surface area contributed by atoms with E-state index in [9.17, 15) is 27.2 Å². The lowest BCUT2D eigenvalue weighted by Gasteiger charge is -2.34. The molecule has 0 radical (unpaired) electrons. The number of likely N-dealkylation sites (N-methyl/N-ethyl adjacent to an activating group) is 1. The summed E-state index contributed by atoms with van der Waals surface area (Å²) < 4.78 is 67.5.